The fourth-order valence-corrected chi connectivity index (χ4v) is 2.47. The molecule has 0 aliphatic carbocycles. The fourth-order valence-electron chi connectivity index (χ4n) is 2.47. The molecule has 94 valence electrons. The molecule has 4 heteroatoms. The van der Waals surface area contributed by atoms with Crippen LogP contribution < -0.4 is 0 Å². The maximum absolute atomic E-state index is 12.4. The summed E-state index contributed by atoms with van der Waals surface area (Å²) in [6, 6.07) is 5.71. The number of rotatable bonds is 1. The number of amides is 1. The third-order valence-corrected chi connectivity index (χ3v) is 3.76. The van der Waals surface area contributed by atoms with Gasteiger partial charge in [-0.2, -0.15) is 5.10 Å². The lowest BCUT2D eigenvalue weighted by atomic mass is 9.98. The van der Waals surface area contributed by atoms with Crippen molar-refractivity contribution in [3.05, 3.63) is 30.0 Å². The van der Waals surface area contributed by atoms with Crippen molar-refractivity contribution >= 4 is 16.8 Å². The van der Waals surface area contributed by atoms with E-state index in [0.717, 1.165) is 48.3 Å². The van der Waals surface area contributed by atoms with E-state index in [1.54, 1.807) is 6.20 Å². The Morgan fingerprint density at radius 1 is 1.39 bits per heavy atom. The van der Waals surface area contributed by atoms with Gasteiger partial charge in [-0.05, 0) is 37.0 Å². The van der Waals surface area contributed by atoms with Crippen LogP contribution in [-0.2, 0) is 0 Å². The van der Waals surface area contributed by atoms with E-state index in [4.69, 9.17) is 0 Å². The van der Waals surface area contributed by atoms with Crippen LogP contribution in [0, 0.1) is 5.92 Å². The number of carbonyl (C=O) groups excluding carboxylic acids is 1. The number of hydrogen-bond acceptors (Lipinski definition) is 2. The number of aromatic nitrogens is 2. The summed E-state index contributed by atoms with van der Waals surface area (Å²) in [5.41, 5.74) is 1.73. The quantitative estimate of drug-likeness (QED) is 0.836. The number of H-pyrrole nitrogens is 1. The van der Waals surface area contributed by atoms with Gasteiger partial charge in [-0.15, -0.1) is 0 Å². The van der Waals surface area contributed by atoms with Gasteiger partial charge in [0.2, 0.25) is 0 Å². The fraction of sp³-hybridized carbons (Fsp3) is 0.429. The predicted octanol–water partition coefficient (Wildman–Crippen LogP) is 2.44. The zero-order valence-corrected chi connectivity index (χ0v) is 10.5. The number of likely N-dealkylation sites (tertiary alicyclic amines) is 1. The second-order valence-electron chi connectivity index (χ2n) is 5.15. The van der Waals surface area contributed by atoms with Gasteiger partial charge in [-0.1, -0.05) is 6.92 Å². The SMILES string of the molecule is CC1CCN(C(=O)c2ccc3[nH]ncc3c2)CC1. The lowest BCUT2D eigenvalue weighted by Crippen LogP contribution is -2.37. The van der Waals surface area contributed by atoms with Gasteiger partial charge in [0, 0.05) is 24.0 Å². The van der Waals surface area contributed by atoms with Gasteiger partial charge in [0.1, 0.15) is 0 Å². The van der Waals surface area contributed by atoms with Gasteiger partial charge < -0.3 is 4.90 Å². The van der Waals surface area contributed by atoms with E-state index in [-0.39, 0.29) is 5.91 Å². The third kappa shape index (κ3) is 1.98. The number of nitrogens with one attached hydrogen (secondary N) is 1. The van der Waals surface area contributed by atoms with Crippen molar-refractivity contribution < 1.29 is 4.79 Å². The standard InChI is InChI=1S/C14H17N3O/c1-10-4-6-17(7-5-10)14(18)11-2-3-13-12(8-11)9-15-16-13/h2-3,8-10H,4-7H2,1H3,(H,15,16). The highest BCUT2D eigenvalue weighted by molar-refractivity contribution is 5.97. The van der Waals surface area contributed by atoms with Gasteiger partial charge in [-0.25, -0.2) is 0 Å². The minimum atomic E-state index is 0.144. The minimum Gasteiger partial charge on any atom is -0.339 e. The van der Waals surface area contributed by atoms with E-state index in [2.05, 4.69) is 17.1 Å². The molecule has 1 amide bonds. The van der Waals surface area contributed by atoms with Crippen LogP contribution in [0.1, 0.15) is 30.1 Å². The molecule has 0 saturated carbocycles. The zero-order chi connectivity index (χ0) is 12.5. The summed E-state index contributed by atoms with van der Waals surface area (Å²) >= 11 is 0. The number of nitrogens with zero attached hydrogens (tertiary/aromatic N) is 2. The molecular weight excluding hydrogens is 226 g/mol. The summed E-state index contributed by atoms with van der Waals surface area (Å²) in [7, 11) is 0. The highest BCUT2D eigenvalue weighted by atomic mass is 16.2. The lowest BCUT2D eigenvalue weighted by molar-refractivity contribution is 0.0697. The Bertz CT molecular complexity index is 567. The van der Waals surface area contributed by atoms with Gasteiger partial charge >= 0.3 is 0 Å². The molecule has 2 heterocycles. The molecule has 1 aliphatic heterocycles. The first-order chi connectivity index (χ1) is 8.74. The normalized spacial score (nSPS) is 17.3. The average Bonchev–Trinajstić information content (AvgIpc) is 2.86. The van der Waals surface area contributed by atoms with E-state index < -0.39 is 0 Å². The van der Waals surface area contributed by atoms with Crippen LogP contribution in [0.15, 0.2) is 24.4 Å². The van der Waals surface area contributed by atoms with Crippen molar-refractivity contribution in [1.29, 1.82) is 0 Å². The van der Waals surface area contributed by atoms with Crippen LogP contribution in [0.4, 0.5) is 0 Å². The van der Waals surface area contributed by atoms with Gasteiger partial charge in [0.25, 0.3) is 5.91 Å². The Hall–Kier alpha value is -1.84. The van der Waals surface area contributed by atoms with Crippen LogP contribution in [0.25, 0.3) is 10.9 Å². The van der Waals surface area contributed by atoms with Crippen molar-refractivity contribution in [2.24, 2.45) is 5.92 Å². The molecule has 1 N–H and O–H groups in total. The van der Waals surface area contributed by atoms with E-state index in [1.165, 1.54) is 0 Å². The Balaban J connectivity index is 1.82. The molecule has 1 fully saturated rings. The van der Waals surface area contributed by atoms with Crippen molar-refractivity contribution in [3.8, 4) is 0 Å². The average molecular weight is 243 g/mol. The lowest BCUT2D eigenvalue weighted by Gasteiger charge is -2.30. The second-order valence-corrected chi connectivity index (χ2v) is 5.15. The maximum Gasteiger partial charge on any atom is 0.253 e. The van der Waals surface area contributed by atoms with Crippen LogP contribution in [0.5, 0.6) is 0 Å². The highest BCUT2D eigenvalue weighted by Crippen LogP contribution is 2.20. The number of aromatic amines is 1. The third-order valence-electron chi connectivity index (χ3n) is 3.76. The first-order valence-electron chi connectivity index (χ1n) is 6.46. The molecule has 1 saturated heterocycles. The summed E-state index contributed by atoms with van der Waals surface area (Å²) in [6.07, 6.45) is 3.98. The molecule has 3 rings (SSSR count). The van der Waals surface area contributed by atoms with Crippen LogP contribution in [0.2, 0.25) is 0 Å². The van der Waals surface area contributed by atoms with E-state index >= 15 is 0 Å². The number of benzene rings is 1. The Morgan fingerprint density at radius 2 is 2.17 bits per heavy atom. The smallest absolute Gasteiger partial charge is 0.253 e. The van der Waals surface area contributed by atoms with E-state index in [1.807, 2.05) is 23.1 Å². The summed E-state index contributed by atoms with van der Waals surface area (Å²) in [5, 5.41) is 7.86. The van der Waals surface area contributed by atoms with E-state index in [0.29, 0.717) is 0 Å². The first kappa shape index (κ1) is 11.3. The topological polar surface area (TPSA) is 49.0 Å². The monoisotopic (exact) mass is 243 g/mol. The van der Waals surface area contributed by atoms with Crippen molar-refractivity contribution in [3.63, 3.8) is 0 Å². The maximum atomic E-state index is 12.4. The molecular formula is C14H17N3O. The van der Waals surface area contributed by atoms with Crippen LogP contribution in [0.3, 0.4) is 0 Å². The molecule has 1 aliphatic rings. The van der Waals surface area contributed by atoms with Crippen molar-refractivity contribution in [2.75, 3.05) is 13.1 Å². The molecule has 18 heavy (non-hydrogen) atoms. The molecule has 0 radical (unpaired) electrons. The molecule has 0 bridgehead atoms. The number of hydrogen-bond donors (Lipinski definition) is 1. The van der Waals surface area contributed by atoms with Gasteiger partial charge in [0.05, 0.1) is 11.7 Å². The van der Waals surface area contributed by atoms with E-state index in [9.17, 15) is 4.79 Å². The number of fused-ring (bicyclic) bond motifs is 1. The number of carbonyl (C=O) groups is 1. The molecule has 0 spiro atoms. The molecule has 2 aromatic rings. The van der Waals surface area contributed by atoms with Crippen molar-refractivity contribution in [2.45, 2.75) is 19.8 Å². The second kappa shape index (κ2) is 4.44. The predicted molar refractivity (Wildman–Crippen MR) is 70.4 cm³/mol. The van der Waals surface area contributed by atoms with Crippen LogP contribution in [-0.4, -0.2) is 34.1 Å². The van der Waals surface area contributed by atoms with Crippen molar-refractivity contribution in [1.82, 2.24) is 15.1 Å². The molecule has 4 nitrogen and oxygen atoms in total. The molecule has 0 unspecified atom stereocenters. The highest BCUT2D eigenvalue weighted by Gasteiger charge is 2.21. The summed E-state index contributed by atoms with van der Waals surface area (Å²) in [5.74, 6) is 0.885. The summed E-state index contributed by atoms with van der Waals surface area (Å²) < 4.78 is 0. The zero-order valence-electron chi connectivity index (χ0n) is 10.5. The van der Waals surface area contributed by atoms with Gasteiger partial charge in [0.15, 0.2) is 0 Å². The van der Waals surface area contributed by atoms with Gasteiger partial charge in [-0.3, -0.25) is 9.89 Å². The first-order valence-corrected chi connectivity index (χ1v) is 6.46. The summed E-state index contributed by atoms with van der Waals surface area (Å²) in [6.45, 7) is 4.01. The summed E-state index contributed by atoms with van der Waals surface area (Å²) in [4.78, 5) is 14.3. The molecule has 0 atom stereocenters. The van der Waals surface area contributed by atoms with Crippen LogP contribution >= 0.6 is 0 Å². The Kier molecular flexibility index (Phi) is 2.78. The number of piperidine rings is 1. The molecule has 1 aromatic carbocycles. The Morgan fingerprint density at radius 3 is 2.94 bits per heavy atom. The Labute approximate surface area is 106 Å². The largest absolute Gasteiger partial charge is 0.339 e. The minimum absolute atomic E-state index is 0.144. The molecule has 1 aromatic heterocycles.